The van der Waals surface area contributed by atoms with E-state index in [9.17, 15) is 8.78 Å². The van der Waals surface area contributed by atoms with Crippen LogP contribution in [0.2, 0.25) is 0 Å². The standard InChI is InChI=1S/C29H42F2O/c1-3-5-6-9-22-12-14-23(15-13-22)10-7-8-11-24-16-18-25(19-17-24)26-20-21-27(32-4-2)29(31)28(26)30/h3,5,7,10,20-25H,4,6,8-9,11-19H2,1-2H3/b5-3+,10-7+. The van der Waals surface area contributed by atoms with Gasteiger partial charge in [0.2, 0.25) is 5.82 Å². The molecule has 2 aliphatic rings. The summed E-state index contributed by atoms with van der Waals surface area (Å²) in [5.41, 5.74) is 0.533. The van der Waals surface area contributed by atoms with Gasteiger partial charge in [0.1, 0.15) is 0 Å². The van der Waals surface area contributed by atoms with E-state index in [0.717, 1.165) is 43.9 Å². The van der Waals surface area contributed by atoms with Crippen LogP contribution in [0.4, 0.5) is 8.78 Å². The Balaban J connectivity index is 1.35. The number of ether oxygens (including phenoxy) is 1. The van der Waals surface area contributed by atoms with Crippen LogP contribution < -0.4 is 4.74 Å². The van der Waals surface area contributed by atoms with Gasteiger partial charge in [-0.25, -0.2) is 4.39 Å². The molecular weight excluding hydrogens is 402 g/mol. The highest BCUT2D eigenvalue weighted by atomic mass is 19.2. The van der Waals surface area contributed by atoms with Gasteiger partial charge < -0.3 is 4.74 Å². The number of halogens is 2. The summed E-state index contributed by atoms with van der Waals surface area (Å²) in [6.45, 7) is 4.23. The predicted octanol–water partition coefficient (Wildman–Crippen LogP) is 9.14. The Hall–Kier alpha value is -1.64. The molecule has 0 radical (unpaired) electrons. The zero-order chi connectivity index (χ0) is 22.8. The first-order valence-corrected chi connectivity index (χ1v) is 13.0. The molecule has 0 N–H and O–H groups in total. The molecular formula is C29H42F2O. The molecule has 0 atom stereocenters. The minimum atomic E-state index is -0.830. The Kier molecular flexibility index (Phi) is 10.3. The molecule has 3 heteroatoms. The Labute approximate surface area is 194 Å². The first kappa shape index (κ1) is 25.0. The fourth-order valence-electron chi connectivity index (χ4n) is 5.68. The molecule has 1 aromatic carbocycles. The number of benzene rings is 1. The third-order valence-electron chi connectivity index (χ3n) is 7.68. The van der Waals surface area contributed by atoms with Crippen LogP contribution in [0.25, 0.3) is 0 Å². The summed E-state index contributed by atoms with van der Waals surface area (Å²) in [5.74, 6) is 1.04. The van der Waals surface area contributed by atoms with Gasteiger partial charge in [-0.1, -0.05) is 30.4 Å². The maximum Gasteiger partial charge on any atom is 0.200 e. The van der Waals surface area contributed by atoms with Crippen molar-refractivity contribution < 1.29 is 13.5 Å². The smallest absolute Gasteiger partial charge is 0.200 e. The third kappa shape index (κ3) is 7.18. The van der Waals surface area contributed by atoms with Crippen molar-refractivity contribution in [1.82, 2.24) is 0 Å². The van der Waals surface area contributed by atoms with Crippen LogP contribution in [0, 0.1) is 29.4 Å². The number of rotatable bonds is 10. The molecule has 0 spiro atoms. The monoisotopic (exact) mass is 444 g/mol. The van der Waals surface area contributed by atoms with Crippen LogP contribution in [0.15, 0.2) is 36.4 Å². The molecule has 178 valence electrons. The zero-order valence-corrected chi connectivity index (χ0v) is 20.1. The molecule has 0 unspecified atom stereocenters. The molecule has 0 bridgehead atoms. The third-order valence-corrected chi connectivity index (χ3v) is 7.68. The fourth-order valence-corrected chi connectivity index (χ4v) is 5.68. The Morgan fingerprint density at radius 3 is 2.09 bits per heavy atom. The lowest BCUT2D eigenvalue weighted by Gasteiger charge is -2.29. The Morgan fingerprint density at radius 2 is 1.47 bits per heavy atom. The van der Waals surface area contributed by atoms with E-state index in [1.807, 2.05) is 0 Å². The lowest BCUT2D eigenvalue weighted by atomic mass is 9.77. The second-order valence-electron chi connectivity index (χ2n) is 9.86. The lowest BCUT2D eigenvalue weighted by Crippen LogP contribution is -2.15. The predicted molar refractivity (Wildman–Crippen MR) is 130 cm³/mol. The SMILES string of the molecule is C/C=C/CCC1CCC(/C=C/CCC2CCC(c3ccc(OCC)c(F)c3F)CC2)CC1. The van der Waals surface area contributed by atoms with Gasteiger partial charge in [0, 0.05) is 0 Å². The van der Waals surface area contributed by atoms with Crippen molar-refractivity contribution >= 4 is 0 Å². The highest BCUT2D eigenvalue weighted by Gasteiger charge is 2.26. The van der Waals surface area contributed by atoms with Crippen LogP contribution in [0.3, 0.4) is 0 Å². The fraction of sp³-hybridized carbons (Fsp3) is 0.655. The van der Waals surface area contributed by atoms with Crippen molar-refractivity contribution in [3.8, 4) is 5.75 Å². The average Bonchev–Trinajstić information content (AvgIpc) is 2.82. The van der Waals surface area contributed by atoms with Crippen molar-refractivity contribution in [2.24, 2.45) is 17.8 Å². The van der Waals surface area contributed by atoms with E-state index >= 15 is 0 Å². The van der Waals surface area contributed by atoms with Gasteiger partial charge in [-0.05, 0) is 126 Å². The summed E-state index contributed by atoms with van der Waals surface area (Å²) in [4.78, 5) is 0. The topological polar surface area (TPSA) is 9.23 Å². The molecule has 2 saturated carbocycles. The van der Waals surface area contributed by atoms with Crippen molar-refractivity contribution in [3.05, 3.63) is 53.6 Å². The minimum absolute atomic E-state index is 0.0244. The molecule has 0 heterocycles. The maximum atomic E-state index is 14.5. The Bertz CT molecular complexity index is 738. The first-order chi connectivity index (χ1) is 15.6. The molecule has 3 rings (SSSR count). The van der Waals surface area contributed by atoms with Gasteiger partial charge in [-0.2, -0.15) is 4.39 Å². The largest absolute Gasteiger partial charge is 0.491 e. The zero-order valence-electron chi connectivity index (χ0n) is 20.1. The van der Waals surface area contributed by atoms with Crippen molar-refractivity contribution in [2.45, 2.75) is 96.8 Å². The summed E-state index contributed by atoms with van der Waals surface area (Å²) < 4.78 is 33.9. The van der Waals surface area contributed by atoms with E-state index in [4.69, 9.17) is 4.74 Å². The van der Waals surface area contributed by atoms with E-state index in [1.165, 1.54) is 44.9 Å². The molecule has 2 aliphatic carbocycles. The maximum absolute atomic E-state index is 14.5. The Morgan fingerprint density at radius 1 is 0.844 bits per heavy atom. The highest BCUT2D eigenvalue weighted by molar-refractivity contribution is 5.33. The van der Waals surface area contributed by atoms with Crippen LogP contribution in [0.5, 0.6) is 5.75 Å². The van der Waals surface area contributed by atoms with E-state index in [2.05, 4.69) is 31.2 Å². The summed E-state index contributed by atoms with van der Waals surface area (Å²) in [5, 5.41) is 0. The summed E-state index contributed by atoms with van der Waals surface area (Å²) >= 11 is 0. The number of allylic oxidation sites excluding steroid dienone is 4. The normalized spacial score (nSPS) is 26.8. The average molecular weight is 445 g/mol. The quantitative estimate of drug-likeness (QED) is 0.327. The minimum Gasteiger partial charge on any atom is -0.491 e. The molecule has 0 saturated heterocycles. The molecule has 1 nitrogen and oxygen atoms in total. The van der Waals surface area contributed by atoms with E-state index < -0.39 is 11.6 Å². The number of hydrogen-bond donors (Lipinski definition) is 0. The first-order valence-electron chi connectivity index (χ1n) is 13.0. The van der Waals surface area contributed by atoms with Crippen LogP contribution in [-0.4, -0.2) is 6.61 Å². The number of hydrogen-bond acceptors (Lipinski definition) is 1. The van der Waals surface area contributed by atoms with Crippen LogP contribution in [0.1, 0.15) is 102 Å². The van der Waals surface area contributed by atoms with E-state index in [0.29, 0.717) is 18.1 Å². The van der Waals surface area contributed by atoms with Gasteiger partial charge in [-0.15, -0.1) is 0 Å². The molecule has 1 aromatic rings. The van der Waals surface area contributed by atoms with Crippen LogP contribution in [-0.2, 0) is 0 Å². The van der Waals surface area contributed by atoms with E-state index in [-0.39, 0.29) is 11.7 Å². The second-order valence-corrected chi connectivity index (χ2v) is 9.86. The molecule has 2 fully saturated rings. The van der Waals surface area contributed by atoms with E-state index in [1.54, 1.807) is 19.1 Å². The summed E-state index contributed by atoms with van der Waals surface area (Å²) in [7, 11) is 0. The van der Waals surface area contributed by atoms with Gasteiger partial charge in [0.15, 0.2) is 11.6 Å². The lowest BCUT2D eigenvalue weighted by molar-refractivity contribution is 0.294. The van der Waals surface area contributed by atoms with Crippen LogP contribution >= 0.6 is 0 Å². The van der Waals surface area contributed by atoms with Gasteiger partial charge in [-0.3, -0.25) is 0 Å². The highest BCUT2D eigenvalue weighted by Crippen LogP contribution is 2.40. The van der Waals surface area contributed by atoms with Crippen molar-refractivity contribution in [2.75, 3.05) is 6.61 Å². The molecule has 0 aromatic heterocycles. The van der Waals surface area contributed by atoms with Gasteiger partial charge >= 0.3 is 0 Å². The van der Waals surface area contributed by atoms with Crippen molar-refractivity contribution in [1.29, 1.82) is 0 Å². The second kappa shape index (κ2) is 13.2. The molecule has 32 heavy (non-hydrogen) atoms. The summed E-state index contributed by atoms with van der Waals surface area (Å²) in [6, 6.07) is 3.32. The summed E-state index contributed by atoms with van der Waals surface area (Å²) in [6.07, 6.45) is 24.0. The molecule has 0 aliphatic heterocycles. The molecule has 0 amide bonds. The van der Waals surface area contributed by atoms with Gasteiger partial charge in [0.05, 0.1) is 6.61 Å². The van der Waals surface area contributed by atoms with Gasteiger partial charge in [0.25, 0.3) is 0 Å². The van der Waals surface area contributed by atoms with Crippen molar-refractivity contribution in [3.63, 3.8) is 0 Å².